The quantitative estimate of drug-likeness (QED) is 0.333. The van der Waals surface area contributed by atoms with Crippen LogP contribution in [0.2, 0.25) is 0 Å². The second kappa shape index (κ2) is 8.48. The Morgan fingerprint density at radius 2 is 2.09 bits per heavy atom. The maximum Gasteiger partial charge on any atom is 0.334 e. The van der Waals surface area contributed by atoms with Gasteiger partial charge in [-0.25, -0.2) is 13.8 Å². The van der Waals surface area contributed by atoms with Crippen molar-refractivity contribution in [3.63, 3.8) is 0 Å². The molecule has 1 amide bonds. The second-order valence-corrected chi connectivity index (χ2v) is 8.85. The first-order valence-corrected chi connectivity index (χ1v) is 11.2. The molecule has 0 radical (unpaired) electrons. The van der Waals surface area contributed by atoms with Gasteiger partial charge in [-0.2, -0.15) is 9.97 Å². The molecule has 0 atom stereocenters. The number of aromatic nitrogens is 3. The Balaban J connectivity index is 1.65. The standard InChI is InChI=1S/C24H17F2N5O3S/c1-4-16(32)31-9-12(10-31)34-22-14-8-11(3)17(18(26)19(14)29-24(30-22)33-5-2)13-6-7-15(25)21-20(13)28-23(27)35-21/h2,4,6-8,12H,1,9-10H2,3H3,(H2,27,28). The van der Waals surface area contributed by atoms with Gasteiger partial charge in [-0.05, 0) is 36.8 Å². The molecule has 0 bridgehead atoms. The molecule has 5 rings (SSSR count). The van der Waals surface area contributed by atoms with Crippen LogP contribution in [-0.2, 0) is 4.79 Å². The number of ether oxygens (including phenoxy) is 2. The van der Waals surface area contributed by atoms with E-state index in [0.29, 0.717) is 24.2 Å². The maximum atomic E-state index is 16.0. The first kappa shape index (κ1) is 22.5. The van der Waals surface area contributed by atoms with Gasteiger partial charge in [-0.1, -0.05) is 24.3 Å². The highest BCUT2D eigenvalue weighted by atomic mass is 32.1. The lowest BCUT2D eigenvalue weighted by Crippen LogP contribution is -2.55. The lowest BCUT2D eigenvalue weighted by atomic mass is 9.96. The summed E-state index contributed by atoms with van der Waals surface area (Å²) >= 11 is 0.981. The number of terminal acetylenes is 1. The van der Waals surface area contributed by atoms with E-state index in [0.717, 1.165) is 11.3 Å². The topological polar surface area (TPSA) is 103 Å². The molecule has 2 aromatic heterocycles. The molecule has 0 unspecified atom stereocenters. The summed E-state index contributed by atoms with van der Waals surface area (Å²) < 4.78 is 41.5. The first-order chi connectivity index (χ1) is 16.8. The Hall–Kier alpha value is -4.30. The van der Waals surface area contributed by atoms with Crippen LogP contribution in [0.5, 0.6) is 11.9 Å². The van der Waals surface area contributed by atoms with Crippen LogP contribution < -0.4 is 15.2 Å². The van der Waals surface area contributed by atoms with Gasteiger partial charge in [0.25, 0.3) is 0 Å². The molecule has 8 nitrogen and oxygen atoms in total. The number of benzene rings is 2. The van der Waals surface area contributed by atoms with E-state index in [4.69, 9.17) is 21.6 Å². The summed E-state index contributed by atoms with van der Waals surface area (Å²) in [6.07, 6.45) is 8.05. The van der Waals surface area contributed by atoms with Gasteiger partial charge >= 0.3 is 6.01 Å². The van der Waals surface area contributed by atoms with E-state index in [1.807, 2.05) is 6.11 Å². The molecule has 0 spiro atoms. The number of anilines is 1. The summed E-state index contributed by atoms with van der Waals surface area (Å²) in [5, 5.41) is 0.454. The molecule has 2 N–H and O–H groups in total. The van der Waals surface area contributed by atoms with E-state index in [1.165, 1.54) is 18.2 Å². The van der Waals surface area contributed by atoms with E-state index in [1.54, 1.807) is 17.9 Å². The van der Waals surface area contributed by atoms with Crippen molar-refractivity contribution >= 4 is 43.5 Å². The number of hydrogen-bond donors (Lipinski definition) is 1. The Morgan fingerprint density at radius 1 is 1.31 bits per heavy atom. The number of likely N-dealkylation sites (tertiary alicyclic amines) is 1. The highest BCUT2D eigenvalue weighted by Crippen LogP contribution is 2.40. The molecule has 0 aliphatic carbocycles. The van der Waals surface area contributed by atoms with Gasteiger partial charge in [0, 0.05) is 11.1 Å². The van der Waals surface area contributed by atoms with E-state index in [-0.39, 0.29) is 55.7 Å². The average molecular weight is 493 g/mol. The fourth-order valence-corrected chi connectivity index (χ4v) is 4.76. The van der Waals surface area contributed by atoms with Gasteiger partial charge in [0.1, 0.15) is 23.5 Å². The van der Waals surface area contributed by atoms with Crippen molar-refractivity contribution < 1.29 is 23.0 Å². The normalized spacial score (nSPS) is 13.5. The van der Waals surface area contributed by atoms with Crippen molar-refractivity contribution in [1.29, 1.82) is 0 Å². The Kier molecular flexibility index (Phi) is 5.45. The van der Waals surface area contributed by atoms with Crippen LogP contribution in [0.4, 0.5) is 13.9 Å². The molecular formula is C24H17F2N5O3S. The van der Waals surface area contributed by atoms with Crippen LogP contribution in [0.3, 0.4) is 0 Å². The molecule has 1 aliphatic heterocycles. The number of amides is 1. The number of nitrogens with zero attached hydrogens (tertiary/aromatic N) is 4. The number of aryl methyl sites for hydroxylation is 1. The predicted octanol–water partition coefficient (Wildman–Crippen LogP) is 3.82. The van der Waals surface area contributed by atoms with Gasteiger partial charge in [0.05, 0.1) is 28.7 Å². The minimum Gasteiger partial charge on any atom is -0.470 e. The third-order valence-electron chi connectivity index (χ3n) is 5.62. The summed E-state index contributed by atoms with van der Waals surface area (Å²) in [6, 6.07) is 4.08. The minimum absolute atomic E-state index is 0.0617. The van der Waals surface area contributed by atoms with Crippen LogP contribution in [0, 0.1) is 31.1 Å². The number of carbonyl (C=O) groups excluding carboxylic acids is 1. The minimum atomic E-state index is -0.703. The second-order valence-electron chi connectivity index (χ2n) is 7.82. The van der Waals surface area contributed by atoms with Crippen molar-refractivity contribution in [2.24, 2.45) is 0 Å². The Bertz CT molecular complexity index is 1570. The highest BCUT2D eigenvalue weighted by Gasteiger charge is 2.32. The van der Waals surface area contributed by atoms with Crippen molar-refractivity contribution in [2.75, 3.05) is 18.8 Å². The van der Waals surface area contributed by atoms with Gasteiger partial charge in [-0.3, -0.25) is 4.79 Å². The van der Waals surface area contributed by atoms with E-state index >= 15 is 4.39 Å². The summed E-state index contributed by atoms with van der Waals surface area (Å²) in [5.41, 5.74) is 7.01. The highest BCUT2D eigenvalue weighted by molar-refractivity contribution is 7.22. The number of thiazole rings is 1. The van der Waals surface area contributed by atoms with Crippen molar-refractivity contribution in [3.8, 4) is 35.5 Å². The summed E-state index contributed by atoms with van der Waals surface area (Å²) in [5.74, 6) is -1.35. The zero-order chi connectivity index (χ0) is 24.9. The van der Waals surface area contributed by atoms with Crippen LogP contribution in [0.15, 0.2) is 30.9 Å². The van der Waals surface area contributed by atoms with Gasteiger partial charge in [0.15, 0.2) is 10.9 Å². The smallest absolute Gasteiger partial charge is 0.334 e. The summed E-state index contributed by atoms with van der Waals surface area (Å²) in [7, 11) is 0. The van der Waals surface area contributed by atoms with E-state index in [9.17, 15) is 9.18 Å². The molecule has 11 heteroatoms. The lowest BCUT2D eigenvalue weighted by Gasteiger charge is -2.38. The Morgan fingerprint density at radius 3 is 2.80 bits per heavy atom. The predicted molar refractivity (Wildman–Crippen MR) is 128 cm³/mol. The maximum absolute atomic E-state index is 16.0. The monoisotopic (exact) mass is 493 g/mol. The third kappa shape index (κ3) is 3.77. The number of hydrogen-bond acceptors (Lipinski definition) is 8. The van der Waals surface area contributed by atoms with Gasteiger partial charge in [-0.15, -0.1) is 0 Å². The number of carbonyl (C=O) groups is 1. The molecule has 2 aromatic carbocycles. The first-order valence-electron chi connectivity index (χ1n) is 10.4. The van der Waals surface area contributed by atoms with Crippen LogP contribution in [0.1, 0.15) is 5.56 Å². The fourth-order valence-electron chi connectivity index (χ4n) is 4.00. The van der Waals surface area contributed by atoms with Crippen LogP contribution >= 0.6 is 11.3 Å². The number of rotatable bonds is 5. The molecule has 1 saturated heterocycles. The molecule has 35 heavy (non-hydrogen) atoms. The molecule has 176 valence electrons. The number of nitrogens with two attached hydrogens (primary N) is 1. The molecule has 1 aliphatic rings. The number of fused-ring (bicyclic) bond motifs is 2. The number of nitrogen functional groups attached to an aromatic ring is 1. The average Bonchev–Trinajstić information content (AvgIpc) is 3.20. The number of halogens is 2. The van der Waals surface area contributed by atoms with Crippen molar-refractivity contribution in [1.82, 2.24) is 19.9 Å². The van der Waals surface area contributed by atoms with Gasteiger partial charge < -0.3 is 20.1 Å². The SMILES string of the molecule is C#COc1nc(OC2CN(C(=O)C=C)C2)c2cc(C)c(-c3ccc(F)c4sc(N)nc34)c(F)c2n1. The molecule has 3 heterocycles. The summed E-state index contributed by atoms with van der Waals surface area (Å²) in [6.45, 7) is 5.80. The van der Waals surface area contributed by atoms with Crippen molar-refractivity contribution in [2.45, 2.75) is 13.0 Å². The van der Waals surface area contributed by atoms with E-state index < -0.39 is 11.6 Å². The molecule has 0 saturated carbocycles. The largest absolute Gasteiger partial charge is 0.470 e. The third-order valence-corrected chi connectivity index (χ3v) is 6.51. The zero-order valence-corrected chi connectivity index (χ0v) is 19.2. The van der Waals surface area contributed by atoms with E-state index in [2.05, 4.69) is 21.5 Å². The molecule has 4 aromatic rings. The van der Waals surface area contributed by atoms with Gasteiger partial charge in [0.2, 0.25) is 11.8 Å². The zero-order valence-electron chi connectivity index (χ0n) is 18.3. The summed E-state index contributed by atoms with van der Waals surface area (Å²) in [4.78, 5) is 25.8. The Labute approximate surface area is 202 Å². The van der Waals surface area contributed by atoms with Crippen molar-refractivity contribution in [3.05, 3.63) is 48.1 Å². The lowest BCUT2D eigenvalue weighted by molar-refractivity contribution is -0.134. The molecular weight excluding hydrogens is 476 g/mol. The van der Waals surface area contributed by atoms with Crippen LogP contribution in [0.25, 0.3) is 32.2 Å². The van der Waals surface area contributed by atoms with Crippen LogP contribution in [-0.4, -0.2) is 45.0 Å². The fraction of sp³-hybridized carbons (Fsp3) is 0.167. The molecule has 1 fully saturated rings.